The first-order valence-corrected chi connectivity index (χ1v) is 15.9. The number of nitrogens with zero attached hydrogens (tertiary/aromatic N) is 4. The summed E-state index contributed by atoms with van der Waals surface area (Å²) in [5, 5.41) is 0. The molecule has 0 amide bonds. The van der Waals surface area contributed by atoms with Crippen molar-refractivity contribution in [3.8, 4) is 34.2 Å². The number of imidazole rings is 2. The van der Waals surface area contributed by atoms with Crippen molar-refractivity contribution in [3.05, 3.63) is 107 Å². The average molecular weight is 575 g/mol. The lowest BCUT2D eigenvalue weighted by molar-refractivity contribution is -0.659. The van der Waals surface area contributed by atoms with E-state index in [-0.39, 0.29) is 0 Å². The van der Waals surface area contributed by atoms with Crippen LogP contribution in [0.1, 0.15) is 107 Å². The molecular formula is C39H50N4+2. The first-order chi connectivity index (χ1) is 20.4. The molecule has 0 saturated heterocycles. The van der Waals surface area contributed by atoms with Gasteiger partial charge in [0, 0.05) is 22.3 Å². The summed E-state index contributed by atoms with van der Waals surface area (Å²) in [4.78, 5) is 0. The van der Waals surface area contributed by atoms with Crippen molar-refractivity contribution in [2.75, 3.05) is 0 Å². The van der Waals surface area contributed by atoms with Gasteiger partial charge in [-0.3, -0.25) is 0 Å². The van der Waals surface area contributed by atoms with Crippen LogP contribution in [0.2, 0.25) is 0 Å². The van der Waals surface area contributed by atoms with E-state index in [1.54, 1.807) is 0 Å². The van der Waals surface area contributed by atoms with Gasteiger partial charge in [-0.1, -0.05) is 97.9 Å². The second-order valence-electron chi connectivity index (χ2n) is 13.4. The van der Waals surface area contributed by atoms with Crippen molar-refractivity contribution >= 4 is 0 Å². The first-order valence-electron chi connectivity index (χ1n) is 15.9. The van der Waals surface area contributed by atoms with Crippen LogP contribution in [0.25, 0.3) is 34.2 Å². The van der Waals surface area contributed by atoms with Gasteiger partial charge in [0.1, 0.15) is 36.2 Å². The fraction of sp³-hybridized carbons (Fsp3) is 0.385. The number of rotatable bonds is 8. The third-order valence-electron chi connectivity index (χ3n) is 8.99. The normalized spacial score (nSPS) is 12.0. The van der Waals surface area contributed by atoms with Crippen LogP contribution in [0.5, 0.6) is 0 Å². The predicted octanol–water partition coefficient (Wildman–Crippen LogP) is 9.05. The van der Waals surface area contributed by atoms with Crippen LogP contribution >= 0.6 is 0 Å². The van der Waals surface area contributed by atoms with Crippen LogP contribution in [0.3, 0.4) is 0 Å². The van der Waals surface area contributed by atoms with Crippen LogP contribution in [-0.4, -0.2) is 9.13 Å². The minimum atomic E-state index is 0.417. The highest BCUT2D eigenvalue weighted by atomic mass is 15.2. The molecule has 5 rings (SSSR count). The van der Waals surface area contributed by atoms with Gasteiger partial charge in [-0.15, -0.1) is 0 Å². The highest BCUT2D eigenvalue weighted by molar-refractivity contribution is 5.73. The molecule has 43 heavy (non-hydrogen) atoms. The minimum absolute atomic E-state index is 0.417. The van der Waals surface area contributed by atoms with Gasteiger partial charge < -0.3 is 0 Å². The number of para-hydroxylation sites is 2. The van der Waals surface area contributed by atoms with E-state index in [0.29, 0.717) is 23.7 Å². The van der Waals surface area contributed by atoms with E-state index < -0.39 is 0 Å². The minimum Gasteiger partial charge on any atom is -0.232 e. The Morgan fingerprint density at radius 2 is 0.791 bits per heavy atom. The Bertz CT molecular complexity index is 1580. The Labute approximate surface area is 259 Å². The summed E-state index contributed by atoms with van der Waals surface area (Å²) in [6.45, 7) is 20.7. The van der Waals surface area contributed by atoms with Crippen molar-refractivity contribution in [3.63, 3.8) is 0 Å². The third kappa shape index (κ3) is 5.37. The Morgan fingerprint density at radius 1 is 0.488 bits per heavy atom. The maximum Gasteiger partial charge on any atom is 0.294 e. The Kier molecular flexibility index (Phi) is 8.51. The number of hydrogen-bond donors (Lipinski definition) is 0. The van der Waals surface area contributed by atoms with E-state index in [4.69, 9.17) is 0 Å². The molecular weight excluding hydrogens is 524 g/mol. The van der Waals surface area contributed by atoms with Crippen molar-refractivity contribution < 1.29 is 9.13 Å². The highest BCUT2D eigenvalue weighted by Gasteiger charge is 2.31. The Morgan fingerprint density at radius 3 is 1.09 bits per heavy atom. The molecule has 0 N–H and O–H groups in total. The monoisotopic (exact) mass is 574 g/mol. The number of benzene rings is 3. The summed E-state index contributed by atoms with van der Waals surface area (Å²) in [6, 6.07) is 20.4. The fourth-order valence-electron chi connectivity index (χ4n) is 6.66. The molecule has 0 spiro atoms. The molecule has 0 aliphatic heterocycles. The molecule has 5 aromatic rings. The molecule has 224 valence electrons. The summed E-state index contributed by atoms with van der Waals surface area (Å²) in [5.74, 6) is 4.06. The largest absolute Gasteiger partial charge is 0.294 e. The zero-order valence-electron chi connectivity index (χ0n) is 28.1. The topological polar surface area (TPSA) is 17.6 Å². The Hall–Kier alpha value is -3.92. The number of hydrogen-bond acceptors (Lipinski definition) is 0. The average Bonchev–Trinajstić information content (AvgIpc) is 3.53. The molecule has 2 heterocycles. The Balaban J connectivity index is 1.78. The van der Waals surface area contributed by atoms with E-state index in [1.807, 2.05) is 0 Å². The maximum absolute atomic E-state index is 2.43. The van der Waals surface area contributed by atoms with Crippen molar-refractivity contribution in [1.82, 2.24) is 9.13 Å². The van der Waals surface area contributed by atoms with Gasteiger partial charge in [-0.25, -0.2) is 9.13 Å². The summed E-state index contributed by atoms with van der Waals surface area (Å²) in [6.07, 6.45) is 8.87. The van der Waals surface area contributed by atoms with Crippen LogP contribution in [0.4, 0.5) is 0 Å². The smallest absolute Gasteiger partial charge is 0.232 e. The van der Waals surface area contributed by atoms with Gasteiger partial charge in [0.25, 0.3) is 11.6 Å². The SMILES string of the molecule is Cc1c(-c2n(-c3c(C(C)C)cccc3C(C)C)cc[n+]2C)cccc1-c1n(-c2c(C(C)C)cccc2C(C)C)cc[n+]1C. The molecule has 0 atom stereocenters. The van der Waals surface area contributed by atoms with Crippen LogP contribution in [-0.2, 0) is 14.1 Å². The van der Waals surface area contributed by atoms with Crippen LogP contribution < -0.4 is 9.13 Å². The van der Waals surface area contributed by atoms with E-state index in [9.17, 15) is 0 Å². The van der Waals surface area contributed by atoms with Crippen LogP contribution in [0.15, 0.2) is 79.4 Å². The molecule has 0 unspecified atom stereocenters. The standard InChI is InChI=1S/C39H50N4/c1-25(2)30-15-12-16-31(26(3)4)36(30)42-23-21-40(10)38(42)34-19-14-20-35(29(34)9)39-41(11)22-24-43(39)37-32(27(5)6)17-13-18-33(37)28(7)8/h12-28H,1-11H3/q+2. The molecule has 2 aromatic heterocycles. The molecule has 0 saturated carbocycles. The van der Waals surface area contributed by atoms with E-state index in [2.05, 4.69) is 174 Å². The number of aryl methyl sites for hydroxylation is 2. The zero-order chi connectivity index (χ0) is 31.2. The van der Waals surface area contributed by atoms with Crippen LogP contribution in [0, 0.1) is 6.92 Å². The number of aromatic nitrogens is 4. The molecule has 0 aliphatic carbocycles. The van der Waals surface area contributed by atoms with Crippen molar-refractivity contribution in [1.29, 1.82) is 0 Å². The fourth-order valence-corrected chi connectivity index (χ4v) is 6.66. The van der Waals surface area contributed by atoms with Crippen molar-refractivity contribution in [2.24, 2.45) is 14.1 Å². The quantitative estimate of drug-likeness (QED) is 0.165. The summed E-state index contributed by atoms with van der Waals surface area (Å²) < 4.78 is 9.41. The predicted molar refractivity (Wildman–Crippen MR) is 179 cm³/mol. The molecule has 4 heteroatoms. The van der Waals surface area contributed by atoms with E-state index >= 15 is 0 Å². The summed E-state index contributed by atoms with van der Waals surface area (Å²) >= 11 is 0. The van der Waals surface area contributed by atoms with Crippen molar-refractivity contribution in [2.45, 2.75) is 86.0 Å². The summed E-state index contributed by atoms with van der Waals surface area (Å²) in [5.41, 5.74) is 11.9. The van der Waals surface area contributed by atoms with Gasteiger partial charge in [0.2, 0.25) is 0 Å². The maximum atomic E-state index is 2.43. The second kappa shape index (κ2) is 12.0. The third-order valence-corrected chi connectivity index (χ3v) is 8.99. The van der Waals surface area contributed by atoms with Gasteiger partial charge in [0.15, 0.2) is 0 Å². The molecule has 0 radical (unpaired) electrons. The lowest BCUT2D eigenvalue weighted by Crippen LogP contribution is -2.31. The first kappa shape index (κ1) is 30.5. The van der Waals surface area contributed by atoms with E-state index in [1.165, 1.54) is 62.0 Å². The van der Waals surface area contributed by atoms with Gasteiger partial charge in [0.05, 0.1) is 25.2 Å². The summed E-state index contributed by atoms with van der Waals surface area (Å²) in [7, 11) is 4.34. The highest BCUT2D eigenvalue weighted by Crippen LogP contribution is 2.38. The molecule has 0 fully saturated rings. The molecule has 0 aliphatic rings. The van der Waals surface area contributed by atoms with E-state index in [0.717, 1.165) is 0 Å². The van der Waals surface area contributed by atoms with Gasteiger partial charge >= 0.3 is 0 Å². The zero-order valence-corrected chi connectivity index (χ0v) is 28.1. The van der Waals surface area contributed by atoms with Gasteiger partial charge in [-0.05, 0) is 48.3 Å². The molecule has 0 bridgehead atoms. The molecule has 4 nitrogen and oxygen atoms in total. The van der Waals surface area contributed by atoms with Gasteiger partial charge in [-0.2, -0.15) is 9.13 Å². The lowest BCUT2D eigenvalue weighted by atomic mass is 9.92. The molecule has 3 aromatic carbocycles. The lowest BCUT2D eigenvalue weighted by Gasteiger charge is -2.19. The second-order valence-corrected chi connectivity index (χ2v) is 13.4.